The van der Waals surface area contributed by atoms with E-state index >= 15 is 0 Å². The highest BCUT2D eigenvalue weighted by molar-refractivity contribution is 7.92. The zero-order valence-electron chi connectivity index (χ0n) is 12.8. The van der Waals surface area contributed by atoms with Gasteiger partial charge in [-0.3, -0.25) is 9.40 Å². The van der Waals surface area contributed by atoms with Gasteiger partial charge in [0.05, 0.1) is 11.9 Å². The molecule has 6 heteroatoms. The standard InChI is InChI=1S/C15H21N3O2S/c1-5-18-10-13(9-16-18)21(19,20)17-15-12(4)7-6-8-14(15)11(2)3/h6-11,17H,5H2,1-4H3. The molecule has 0 aliphatic carbocycles. The lowest BCUT2D eigenvalue weighted by Gasteiger charge is -2.16. The summed E-state index contributed by atoms with van der Waals surface area (Å²) in [4.78, 5) is 0.183. The van der Waals surface area contributed by atoms with Crippen molar-refractivity contribution in [1.29, 1.82) is 0 Å². The van der Waals surface area contributed by atoms with Gasteiger partial charge in [0.25, 0.3) is 10.0 Å². The number of nitrogens with zero attached hydrogens (tertiary/aromatic N) is 2. The van der Waals surface area contributed by atoms with Crippen LogP contribution in [0.15, 0.2) is 35.5 Å². The predicted molar refractivity (Wildman–Crippen MR) is 84.0 cm³/mol. The lowest BCUT2D eigenvalue weighted by molar-refractivity contribution is 0.600. The highest BCUT2D eigenvalue weighted by Gasteiger charge is 2.20. The average molecular weight is 307 g/mol. The third-order valence-corrected chi connectivity index (χ3v) is 4.71. The number of anilines is 1. The first-order chi connectivity index (χ1) is 9.85. The van der Waals surface area contributed by atoms with E-state index in [9.17, 15) is 8.42 Å². The van der Waals surface area contributed by atoms with Gasteiger partial charge in [-0.2, -0.15) is 5.10 Å². The van der Waals surface area contributed by atoms with Gasteiger partial charge in [0.15, 0.2) is 0 Å². The molecule has 0 aliphatic rings. The number of hydrogen-bond donors (Lipinski definition) is 1. The van der Waals surface area contributed by atoms with Gasteiger partial charge in [-0.15, -0.1) is 0 Å². The molecular formula is C15H21N3O2S. The number of rotatable bonds is 5. The Kier molecular flexibility index (Phi) is 4.37. The smallest absolute Gasteiger partial charge is 0.265 e. The van der Waals surface area contributed by atoms with E-state index in [2.05, 4.69) is 9.82 Å². The Morgan fingerprint density at radius 3 is 2.62 bits per heavy atom. The van der Waals surface area contributed by atoms with Crippen LogP contribution < -0.4 is 4.72 Å². The van der Waals surface area contributed by atoms with E-state index in [-0.39, 0.29) is 10.8 Å². The van der Waals surface area contributed by atoms with Crippen molar-refractivity contribution < 1.29 is 8.42 Å². The van der Waals surface area contributed by atoms with Crippen LogP contribution in [0.1, 0.15) is 37.8 Å². The number of aryl methyl sites for hydroxylation is 2. The summed E-state index contributed by atoms with van der Waals surface area (Å²) < 4.78 is 29.3. The number of hydrogen-bond acceptors (Lipinski definition) is 3. The highest BCUT2D eigenvalue weighted by atomic mass is 32.2. The fourth-order valence-corrected chi connectivity index (χ4v) is 3.27. The second-order valence-corrected chi connectivity index (χ2v) is 7.01. The average Bonchev–Trinajstić information content (AvgIpc) is 2.90. The molecule has 1 aromatic carbocycles. The van der Waals surface area contributed by atoms with Gasteiger partial charge in [0, 0.05) is 12.7 Å². The van der Waals surface area contributed by atoms with E-state index < -0.39 is 10.0 Å². The Labute approximate surface area is 126 Å². The van der Waals surface area contributed by atoms with Crippen LogP contribution in [-0.4, -0.2) is 18.2 Å². The molecule has 0 unspecified atom stereocenters. The molecule has 1 N–H and O–H groups in total. The maximum Gasteiger partial charge on any atom is 0.265 e. The predicted octanol–water partition coefficient (Wildman–Crippen LogP) is 3.14. The van der Waals surface area contributed by atoms with Crippen molar-refractivity contribution >= 4 is 15.7 Å². The molecule has 0 amide bonds. The molecule has 0 spiro atoms. The number of nitrogens with one attached hydrogen (secondary N) is 1. The van der Waals surface area contributed by atoms with Crippen LogP contribution in [0.5, 0.6) is 0 Å². The third kappa shape index (κ3) is 3.26. The zero-order valence-corrected chi connectivity index (χ0v) is 13.6. The van der Waals surface area contributed by atoms with Crippen LogP contribution in [0.2, 0.25) is 0 Å². The van der Waals surface area contributed by atoms with E-state index in [1.165, 1.54) is 12.4 Å². The summed E-state index contributed by atoms with van der Waals surface area (Å²) in [5, 5.41) is 4.02. The third-order valence-electron chi connectivity index (χ3n) is 3.41. The first-order valence-electron chi connectivity index (χ1n) is 7.00. The first-order valence-corrected chi connectivity index (χ1v) is 8.48. The maximum atomic E-state index is 12.5. The van der Waals surface area contributed by atoms with E-state index in [0.29, 0.717) is 12.2 Å². The van der Waals surface area contributed by atoms with Crippen molar-refractivity contribution in [2.75, 3.05) is 4.72 Å². The molecule has 0 fully saturated rings. The molecule has 0 saturated heterocycles. The molecule has 0 radical (unpaired) electrons. The summed E-state index contributed by atoms with van der Waals surface area (Å²) in [5.41, 5.74) is 2.56. The number of benzene rings is 1. The highest BCUT2D eigenvalue weighted by Crippen LogP contribution is 2.29. The van der Waals surface area contributed by atoms with Gasteiger partial charge in [0.1, 0.15) is 4.90 Å². The molecule has 0 bridgehead atoms. The molecule has 0 aliphatic heterocycles. The first kappa shape index (κ1) is 15.6. The Morgan fingerprint density at radius 2 is 2.05 bits per heavy atom. The minimum absolute atomic E-state index is 0.183. The fourth-order valence-electron chi connectivity index (χ4n) is 2.16. The van der Waals surface area contributed by atoms with Crippen LogP contribution in [0.25, 0.3) is 0 Å². The zero-order chi connectivity index (χ0) is 15.6. The minimum atomic E-state index is -3.61. The molecule has 2 rings (SSSR count). The largest absolute Gasteiger partial charge is 0.279 e. The lowest BCUT2D eigenvalue weighted by atomic mass is 9.99. The number of aromatic nitrogens is 2. The molecule has 114 valence electrons. The summed E-state index contributed by atoms with van der Waals surface area (Å²) in [5.74, 6) is 0.237. The monoisotopic (exact) mass is 307 g/mol. The summed E-state index contributed by atoms with van der Waals surface area (Å²) in [6.45, 7) is 8.54. The molecule has 1 aromatic heterocycles. The van der Waals surface area contributed by atoms with Crippen LogP contribution in [-0.2, 0) is 16.6 Å². The molecule has 5 nitrogen and oxygen atoms in total. The lowest BCUT2D eigenvalue weighted by Crippen LogP contribution is -2.15. The molecule has 2 aromatic rings. The van der Waals surface area contributed by atoms with E-state index in [1.807, 2.05) is 45.9 Å². The Bertz CT molecular complexity index is 733. The van der Waals surface area contributed by atoms with Gasteiger partial charge < -0.3 is 0 Å². The second-order valence-electron chi connectivity index (χ2n) is 5.33. The molecule has 21 heavy (non-hydrogen) atoms. The van der Waals surface area contributed by atoms with Crippen molar-refractivity contribution in [3.05, 3.63) is 41.7 Å². The van der Waals surface area contributed by atoms with Crippen molar-refractivity contribution in [2.45, 2.75) is 45.1 Å². The van der Waals surface area contributed by atoms with Gasteiger partial charge in [0.2, 0.25) is 0 Å². The topological polar surface area (TPSA) is 64.0 Å². The summed E-state index contributed by atoms with van der Waals surface area (Å²) in [7, 11) is -3.61. The summed E-state index contributed by atoms with van der Waals surface area (Å²) in [6.07, 6.45) is 2.91. The van der Waals surface area contributed by atoms with Gasteiger partial charge in [-0.1, -0.05) is 32.0 Å². The van der Waals surface area contributed by atoms with Crippen LogP contribution in [0.3, 0.4) is 0 Å². The van der Waals surface area contributed by atoms with Crippen molar-refractivity contribution in [3.8, 4) is 0 Å². The number of para-hydroxylation sites is 1. The van der Waals surface area contributed by atoms with Gasteiger partial charge in [-0.05, 0) is 30.9 Å². The Hall–Kier alpha value is -1.82. The second kappa shape index (κ2) is 5.89. The van der Waals surface area contributed by atoms with Crippen LogP contribution in [0.4, 0.5) is 5.69 Å². The van der Waals surface area contributed by atoms with E-state index in [0.717, 1.165) is 11.1 Å². The van der Waals surface area contributed by atoms with Gasteiger partial charge in [-0.25, -0.2) is 8.42 Å². The Balaban J connectivity index is 2.41. The molecule has 0 atom stereocenters. The normalized spacial score (nSPS) is 11.9. The molecule has 1 heterocycles. The van der Waals surface area contributed by atoms with Crippen LogP contribution >= 0.6 is 0 Å². The quantitative estimate of drug-likeness (QED) is 0.923. The SMILES string of the molecule is CCn1cc(S(=O)(=O)Nc2c(C)cccc2C(C)C)cn1. The fraction of sp³-hybridized carbons (Fsp3) is 0.400. The van der Waals surface area contributed by atoms with Crippen molar-refractivity contribution in [2.24, 2.45) is 0 Å². The number of sulfonamides is 1. The van der Waals surface area contributed by atoms with Gasteiger partial charge >= 0.3 is 0 Å². The molecule has 0 saturated carbocycles. The van der Waals surface area contributed by atoms with Crippen molar-refractivity contribution in [1.82, 2.24) is 9.78 Å². The van der Waals surface area contributed by atoms with Crippen LogP contribution in [0, 0.1) is 6.92 Å². The van der Waals surface area contributed by atoms with E-state index in [4.69, 9.17) is 0 Å². The Morgan fingerprint density at radius 1 is 1.33 bits per heavy atom. The van der Waals surface area contributed by atoms with E-state index in [1.54, 1.807) is 4.68 Å². The summed E-state index contributed by atoms with van der Waals surface area (Å²) in [6, 6.07) is 5.79. The maximum absolute atomic E-state index is 12.5. The summed E-state index contributed by atoms with van der Waals surface area (Å²) >= 11 is 0. The van der Waals surface area contributed by atoms with Crippen molar-refractivity contribution in [3.63, 3.8) is 0 Å². The minimum Gasteiger partial charge on any atom is -0.279 e. The molecular weight excluding hydrogens is 286 g/mol.